The van der Waals surface area contributed by atoms with E-state index in [4.69, 9.17) is 27.9 Å². The topological polar surface area (TPSA) is 119 Å². The van der Waals surface area contributed by atoms with Crippen LogP contribution >= 0.6 is 23.2 Å². The van der Waals surface area contributed by atoms with Crippen LogP contribution in [0.15, 0.2) is 42.5 Å². The van der Waals surface area contributed by atoms with Gasteiger partial charge in [0.25, 0.3) is 11.6 Å². The zero-order valence-electron chi connectivity index (χ0n) is 15.3. The fraction of sp³-hybridized carbons (Fsp3) is 0.211. The molecule has 2 aromatic rings. The highest BCUT2D eigenvalue weighted by atomic mass is 35.5. The maximum absolute atomic E-state index is 12.3. The number of rotatable bonds is 6. The molecule has 0 spiro atoms. The number of amides is 2. The number of carbonyl (C=O) groups excluding carboxylic acids is 3. The largest absolute Gasteiger partial charge is 0.455 e. The van der Waals surface area contributed by atoms with Crippen LogP contribution in [0.5, 0.6) is 0 Å². The van der Waals surface area contributed by atoms with Gasteiger partial charge in [-0.15, -0.1) is 0 Å². The van der Waals surface area contributed by atoms with Gasteiger partial charge in [0.05, 0.1) is 32.3 Å². The Hall–Kier alpha value is -3.17. The van der Waals surface area contributed by atoms with Crippen molar-refractivity contribution >= 4 is 58.0 Å². The maximum Gasteiger partial charge on any atom is 0.311 e. The van der Waals surface area contributed by atoms with E-state index in [1.807, 2.05) is 0 Å². The minimum Gasteiger partial charge on any atom is -0.455 e. The van der Waals surface area contributed by atoms with Crippen molar-refractivity contribution in [2.75, 3.05) is 23.4 Å². The van der Waals surface area contributed by atoms with E-state index >= 15 is 0 Å². The van der Waals surface area contributed by atoms with Crippen molar-refractivity contribution in [2.45, 2.75) is 6.42 Å². The van der Waals surface area contributed by atoms with Crippen LogP contribution in [-0.2, 0) is 19.1 Å². The molecule has 1 N–H and O–H groups in total. The summed E-state index contributed by atoms with van der Waals surface area (Å²) in [6, 6.07) is 10.3. The highest BCUT2D eigenvalue weighted by Gasteiger charge is 2.36. The summed E-state index contributed by atoms with van der Waals surface area (Å²) in [6.45, 7) is -0.566. The lowest BCUT2D eigenvalue weighted by Crippen LogP contribution is -2.28. The number of non-ortho nitro benzene ring substituents is 1. The van der Waals surface area contributed by atoms with Crippen molar-refractivity contribution in [3.8, 4) is 0 Å². The first-order valence-corrected chi connectivity index (χ1v) is 9.47. The standard InChI is InChI=1S/C19H15Cl2N3O6/c20-14-5-2-6-15(18(14)21)22-16(25)10-30-19(27)11-7-17(26)23(9-11)12-3-1-4-13(8-12)24(28)29/h1-6,8,11H,7,9-10H2,(H,22,25)/t11-/m0/s1. The lowest BCUT2D eigenvalue weighted by Gasteiger charge is -2.16. The summed E-state index contributed by atoms with van der Waals surface area (Å²) in [7, 11) is 0. The summed E-state index contributed by atoms with van der Waals surface area (Å²) in [5, 5.41) is 13.8. The summed E-state index contributed by atoms with van der Waals surface area (Å²) in [5.74, 6) is -2.50. The quantitative estimate of drug-likeness (QED) is 0.408. The van der Waals surface area contributed by atoms with Crippen molar-refractivity contribution in [3.63, 3.8) is 0 Å². The second-order valence-corrected chi connectivity index (χ2v) is 7.22. The number of nitrogens with one attached hydrogen (secondary N) is 1. The molecule has 0 bridgehead atoms. The average Bonchev–Trinajstić information content (AvgIpc) is 3.11. The number of benzene rings is 2. The highest BCUT2D eigenvalue weighted by Crippen LogP contribution is 2.30. The van der Waals surface area contributed by atoms with Gasteiger partial charge >= 0.3 is 5.97 Å². The third-order valence-corrected chi connectivity index (χ3v) is 5.20. The molecular formula is C19H15Cl2N3O6. The van der Waals surface area contributed by atoms with E-state index in [0.717, 1.165) is 0 Å². The number of hydrogen-bond donors (Lipinski definition) is 1. The van der Waals surface area contributed by atoms with Crippen LogP contribution in [0.25, 0.3) is 0 Å². The van der Waals surface area contributed by atoms with Crippen LogP contribution in [0.1, 0.15) is 6.42 Å². The SMILES string of the molecule is O=C(COC(=O)[C@H]1CC(=O)N(c2cccc([N+](=O)[O-])c2)C1)Nc1cccc(Cl)c1Cl. The first-order chi connectivity index (χ1) is 14.3. The van der Waals surface area contributed by atoms with Gasteiger partial charge in [-0.05, 0) is 18.2 Å². The number of halogens is 2. The Morgan fingerprint density at radius 1 is 1.23 bits per heavy atom. The van der Waals surface area contributed by atoms with Crippen molar-refractivity contribution in [2.24, 2.45) is 5.92 Å². The third-order valence-electron chi connectivity index (χ3n) is 4.38. The first-order valence-electron chi connectivity index (χ1n) is 8.71. The van der Waals surface area contributed by atoms with E-state index in [2.05, 4.69) is 5.32 Å². The molecule has 1 heterocycles. The molecular weight excluding hydrogens is 437 g/mol. The monoisotopic (exact) mass is 451 g/mol. The normalized spacial score (nSPS) is 15.7. The van der Waals surface area contributed by atoms with Gasteiger partial charge < -0.3 is 15.0 Å². The lowest BCUT2D eigenvalue weighted by molar-refractivity contribution is -0.384. The molecule has 2 aromatic carbocycles. The summed E-state index contributed by atoms with van der Waals surface area (Å²) in [4.78, 5) is 48.2. The predicted octanol–water partition coefficient (Wildman–Crippen LogP) is 3.44. The summed E-state index contributed by atoms with van der Waals surface area (Å²) >= 11 is 11.9. The van der Waals surface area contributed by atoms with Crippen LogP contribution < -0.4 is 10.2 Å². The van der Waals surface area contributed by atoms with E-state index < -0.39 is 29.3 Å². The van der Waals surface area contributed by atoms with Crippen molar-refractivity contribution in [3.05, 3.63) is 62.6 Å². The van der Waals surface area contributed by atoms with Crippen LogP contribution in [0.4, 0.5) is 17.1 Å². The molecule has 9 nitrogen and oxygen atoms in total. The molecule has 1 atom stereocenters. The number of anilines is 2. The minimum atomic E-state index is -0.792. The molecule has 3 rings (SSSR count). The Balaban J connectivity index is 1.57. The molecule has 0 aliphatic carbocycles. The molecule has 11 heteroatoms. The zero-order valence-corrected chi connectivity index (χ0v) is 16.9. The second kappa shape index (κ2) is 9.10. The Bertz CT molecular complexity index is 1030. The molecule has 156 valence electrons. The molecule has 1 saturated heterocycles. The molecule has 0 unspecified atom stereocenters. The smallest absolute Gasteiger partial charge is 0.311 e. The summed E-state index contributed by atoms with van der Waals surface area (Å²) in [5.41, 5.74) is 0.429. The Morgan fingerprint density at radius 3 is 2.70 bits per heavy atom. The molecule has 30 heavy (non-hydrogen) atoms. The van der Waals surface area contributed by atoms with Gasteiger partial charge in [0.15, 0.2) is 6.61 Å². The Morgan fingerprint density at radius 2 is 1.97 bits per heavy atom. The summed E-state index contributed by atoms with van der Waals surface area (Å²) in [6.07, 6.45) is -0.122. The number of carbonyl (C=O) groups is 3. The van der Waals surface area contributed by atoms with Crippen LogP contribution in [-0.4, -0.2) is 35.9 Å². The van der Waals surface area contributed by atoms with Gasteiger partial charge in [-0.2, -0.15) is 0 Å². The average molecular weight is 452 g/mol. The van der Waals surface area contributed by atoms with Crippen molar-refractivity contribution in [1.29, 1.82) is 0 Å². The lowest BCUT2D eigenvalue weighted by atomic mass is 10.1. The zero-order chi connectivity index (χ0) is 21.8. The van der Waals surface area contributed by atoms with E-state index in [0.29, 0.717) is 5.69 Å². The number of nitro groups is 1. The third kappa shape index (κ3) is 4.87. The minimum absolute atomic E-state index is 0.000570. The van der Waals surface area contributed by atoms with Gasteiger partial charge in [0.2, 0.25) is 5.91 Å². The molecule has 1 aliphatic heterocycles. The number of nitro benzene ring substituents is 1. The fourth-order valence-electron chi connectivity index (χ4n) is 2.93. The molecule has 2 amide bonds. The maximum atomic E-state index is 12.3. The Kier molecular flexibility index (Phi) is 6.53. The second-order valence-electron chi connectivity index (χ2n) is 6.44. The Labute approximate surface area is 180 Å². The van der Waals surface area contributed by atoms with Crippen molar-refractivity contribution < 1.29 is 24.0 Å². The number of ether oxygens (including phenoxy) is 1. The number of nitrogens with zero attached hydrogens (tertiary/aromatic N) is 2. The molecule has 1 fully saturated rings. The predicted molar refractivity (Wildman–Crippen MR) is 110 cm³/mol. The van der Waals surface area contributed by atoms with Gasteiger partial charge in [-0.1, -0.05) is 35.3 Å². The van der Waals surface area contributed by atoms with Crippen LogP contribution in [0.3, 0.4) is 0 Å². The van der Waals surface area contributed by atoms with E-state index in [1.54, 1.807) is 24.3 Å². The van der Waals surface area contributed by atoms with E-state index in [1.165, 1.54) is 23.1 Å². The van der Waals surface area contributed by atoms with Gasteiger partial charge in [0.1, 0.15) is 0 Å². The van der Waals surface area contributed by atoms with E-state index in [-0.39, 0.29) is 40.3 Å². The molecule has 1 aliphatic rings. The molecule has 0 radical (unpaired) electrons. The highest BCUT2D eigenvalue weighted by molar-refractivity contribution is 6.44. The summed E-state index contributed by atoms with van der Waals surface area (Å²) < 4.78 is 5.01. The van der Waals surface area contributed by atoms with Crippen LogP contribution in [0.2, 0.25) is 10.0 Å². The number of esters is 1. The molecule has 0 saturated carbocycles. The van der Waals surface area contributed by atoms with Crippen molar-refractivity contribution in [1.82, 2.24) is 0 Å². The van der Waals surface area contributed by atoms with Gasteiger partial charge in [-0.25, -0.2) is 0 Å². The first kappa shape index (κ1) is 21.5. The van der Waals surface area contributed by atoms with E-state index in [9.17, 15) is 24.5 Å². The number of hydrogen-bond acceptors (Lipinski definition) is 6. The van der Waals surface area contributed by atoms with Gasteiger partial charge in [-0.3, -0.25) is 24.5 Å². The molecule has 0 aromatic heterocycles. The fourth-order valence-corrected chi connectivity index (χ4v) is 3.28. The van der Waals surface area contributed by atoms with Crippen LogP contribution in [0, 0.1) is 16.0 Å². The van der Waals surface area contributed by atoms with Gasteiger partial charge in [0, 0.05) is 25.1 Å².